The van der Waals surface area contributed by atoms with Crippen molar-refractivity contribution in [1.29, 1.82) is 0 Å². The molecule has 0 saturated carbocycles. The van der Waals surface area contributed by atoms with Crippen LogP contribution in [0.25, 0.3) is 0 Å². The Morgan fingerprint density at radius 1 is 0.667 bits per heavy atom. The Kier molecular flexibility index (Phi) is 163. The fourth-order valence-corrected chi connectivity index (χ4v) is 0. The van der Waals surface area contributed by atoms with Gasteiger partial charge in [-0.05, 0) is 0 Å². The second kappa shape index (κ2) is 29.3. The molecule has 72 valence electrons. The first kappa shape index (κ1) is 66.8. The van der Waals surface area contributed by atoms with Crippen LogP contribution in [0.3, 0.4) is 0 Å². The first-order chi connectivity index (χ1) is 2.00. The van der Waals surface area contributed by atoms with Crippen molar-refractivity contribution in [2.75, 3.05) is 0 Å². The van der Waals surface area contributed by atoms with Crippen molar-refractivity contribution in [3.05, 3.63) is 0 Å². The molecular formula is H12Na2O9Si. The Labute approximate surface area is 114 Å². The molecule has 0 aromatic rings. The van der Waals surface area contributed by atoms with Gasteiger partial charge in [-0.25, -0.2) is 0 Å². The molecule has 12 N–H and O–H groups in total. The molecule has 0 atom stereocenters. The second-order valence-corrected chi connectivity index (χ2v) is 1.65. The zero-order valence-corrected chi connectivity index (χ0v) is 11.7. The zero-order valence-electron chi connectivity index (χ0n) is 6.71. The van der Waals surface area contributed by atoms with E-state index in [0.717, 1.165) is 0 Å². The molecular weight excluding hydrogens is 218 g/mol. The monoisotopic (exact) mass is 230 g/mol. The van der Waals surface area contributed by atoms with Gasteiger partial charge in [-0.15, -0.1) is 0 Å². The molecule has 0 heterocycles. The summed E-state index contributed by atoms with van der Waals surface area (Å²) >= 11 is 0. The van der Waals surface area contributed by atoms with E-state index in [1.54, 1.807) is 0 Å². The Bertz CT molecular complexity index is 28.0. The maximum Gasteiger partial charge on any atom is 1.00 e. The molecule has 0 fully saturated rings. The van der Waals surface area contributed by atoms with Gasteiger partial charge in [0.25, 0.3) is 0 Å². The maximum atomic E-state index is 8.80. The Hall–Kier alpha value is 1.86. The fourth-order valence-electron chi connectivity index (χ4n) is 0. The number of hydrogen-bond acceptors (Lipinski definition) is 4. The Morgan fingerprint density at radius 3 is 0.667 bits per heavy atom. The van der Waals surface area contributed by atoms with Crippen molar-refractivity contribution < 1.29 is 106 Å². The van der Waals surface area contributed by atoms with Crippen LogP contribution in [0.15, 0.2) is 0 Å². The SMILES string of the molecule is O.O.O.O.O.[Na+].[Na+].[O-][Si]([O-])(O)O. The molecule has 0 saturated heterocycles. The van der Waals surface area contributed by atoms with Crippen LogP contribution in [-0.2, 0) is 0 Å². The number of rotatable bonds is 0. The summed E-state index contributed by atoms with van der Waals surface area (Å²) in [6.45, 7) is 0. The standard InChI is InChI=1S/2Na.H2O4Si.5H2O/c;;1-5(2,3)4;;;;;/h;;1-2H;5*1H2/q2*+1;-2;;;;;. The topological polar surface area (TPSA) is 244 Å². The van der Waals surface area contributed by atoms with Gasteiger partial charge in [-0.1, -0.05) is 0 Å². The van der Waals surface area contributed by atoms with E-state index in [9.17, 15) is 0 Å². The summed E-state index contributed by atoms with van der Waals surface area (Å²) in [6.07, 6.45) is 0. The molecule has 0 unspecified atom stereocenters. The molecule has 0 aromatic carbocycles. The molecule has 0 aliphatic rings. The van der Waals surface area contributed by atoms with Gasteiger partial charge in [-0.3, -0.25) is 0 Å². The van der Waals surface area contributed by atoms with E-state index in [2.05, 4.69) is 0 Å². The molecule has 12 heavy (non-hydrogen) atoms. The zero-order chi connectivity index (χ0) is 4.50. The first-order valence-corrected chi connectivity index (χ1v) is 2.57. The van der Waals surface area contributed by atoms with Gasteiger partial charge in [0.15, 0.2) is 0 Å². The summed E-state index contributed by atoms with van der Waals surface area (Å²) in [4.78, 5) is 31.8. The molecule has 0 radical (unpaired) electrons. The minimum Gasteiger partial charge on any atom is -0.828 e. The van der Waals surface area contributed by atoms with E-state index in [1.807, 2.05) is 0 Å². The Morgan fingerprint density at radius 2 is 0.667 bits per heavy atom. The van der Waals surface area contributed by atoms with E-state index >= 15 is 0 Å². The van der Waals surface area contributed by atoms with E-state index in [1.165, 1.54) is 0 Å². The van der Waals surface area contributed by atoms with Gasteiger partial charge in [-0.2, -0.15) is 0 Å². The van der Waals surface area contributed by atoms with Crippen LogP contribution in [0.4, 0.5) is 0 Å². The van der Waals surface area contributed by atoms with Crippen LogP contribution >= 0.6 is 0 Å². The minimum absolute atomic E-state index is 0. The second-order valence-electron chi connectivity index (χ2n) is 0.548. The maximum absolute atomic E-state index is 8.80. The van der Waals surface area contributed by atoms with Gasteiger partial charge in [0.2, 0.25) is 0 Å². The molecule has 0 spiro atoms. The van der Waals surface area contributed by atoms with Crippen LogP contribution in [-0.4, -0.2) is 46.0 Å². The van der Waals surface area contributed by atoms with Crippen LogP contribution in [0.5, 0.6) is 0 Å². The van der Waals surface area contributed by atoms with Gasteiger partial charge >= 0.3 is 59.1 Å². The Balaban J connectivity index is -0.00000000381. The predicted octanol–water partition coefficient (Wildman–Crippen LogP) is -14.0. The molecule has 0 rings (SSSR count). The molecule has 0 aromatic heterocycles. The van der Waals surface area contributed by atoms with Crippen LogP contribution in [0.1, 0.15) is 0 Å². The summed E-state index contributed by atoms with van der Waals surface area (Å²) in [5, 5.41) is 0. The van der Waals surface area contributed by atoms with Crippen LogP contribution < -0.4 is 68.7 Å². The molecule has 0 aliphatic heterocycles. The van der Waals surface area contributed by atoms with E-state index in [4.69, 9.17) is 19.2 Å². The van der Waals surface area contributed by atoms with Gasteiger partial charge in [0, 0.05) is 0 Å². The van der Waals surface area contributed by atoms with Crippen LogP contribution in [0.2, 0.25) is 0 Å². The average Bonchev–Trinajstić information content (AvgIpc) is 0.722. The summed E-state index contributed by atoms with van der Waals surface area (Å²) in [5.74, 6) is 0. The summed E-state index contributed by atoms with van der Waals surface area (Å²) in [6, 6.07) is 0. The van der Waals surface area contributed by atoms with Crippen molar-refractivity contribution in [3.63, 3.8) is 0 Å². The van der Waals surface area contributed by atoms with Crippen molar-refractivity contribution in [2.24, 2.45) is 0 Å². The molecule has 0 amide bonds. The smallest absolute Gasteiger partial charge is 0.828 e. The van der Waals surface area contributed by atoms with E-state index < -0.39 is 9.05 Å². The van der Waals surface area contributed by atoms with Crippen molar-refractivity contribution in [1.82, 2.24) is 0 Å². The summed E-state index contributed by atoms with van der Waals surface area (Å²) < 4.78 is 0. The van der Waals surface area contributed by atoms with Crippen LogP contribution in [0, 0.1) is 0 Å². The van der Waals surface area contributed by atoms with E-state index in [0.29, 0.717) is 0 Å². The normalized spacial score (nSPS) is 5.00. The molecule has 0 aliphatic carbocycles. The van der Waals surface area contributed by atoms with Crippen molar-refractivity contribution in [3.8, 4) is 0 Å². The third-order valence-corrected chi connectivity index (χ3v) is 0. The third-order valence-electron chi connectivity index (χ3n) is 0. The molecule has 12 heteroatoms. The van der Waals surface area contributed by atoms with Gasteiger partial charge in [0.1, 0.15) is 9.05 Å². The molecule has 0 bridgehead atoms. The van der Waals surface area contributed by atoms with E-state index in [-0.39, 0.29) is 86.5 Å². The van der Waals surface area contributed by atoms with Gasteiger partial charge in [0.05, 0.1) is 0 Å². The number of hydrogen-bond donors (Lipinski definition) is 2. The molecule has 9 nitrogen and oxygen atoms in total. The quantitative estimate of drug-likeness (QED) is 0.384. The fraction of sp³-hybridized carbons (Fsp3) is 0. The summed E-state index contributed by atoms with van der Waals surface area (Å²) in [5.41, 5.74) is 0. The third kappa shape index (κ3) is 405. The average molecular weight is 230 g/mol. The largest absolute Gasteiger partial charge is 1.00 e. The van der Waals surface area contributed by atoms with Gasteiger partial charge < -0.3 is 46.6 Å². The van der Waals surface area contributed by atoms with Crippen molar-refractivity contribution in [2.45, 2.75) is 0 Å². The first-order valence-electron chi connectivity index (χ1n) is 0.855. The van der Waals surface area contributed by atoms with Crippen molar-refractivity contribution >= 4 is 9.05 Å². The summed E-state index contributed by atoms with van der Waals surface area (Å²) in [7, 11) is -5.11. The predicted molar refractivity (Wildman–Crippen MR) is 28.3 cm³/mol. The minimum atomic E-state index is -5.11.